The Morgan fingerprint density at radius 3 is 2.73 bits per heavy atom. The van der Waals surface area contributed by atoms with Gasteiger partial charge in [-0.05, 0) is 30.5 Å². The number of benzene rings is 1. The van der Waals surface area contributed by atoms with E-state index in [1.54, 1.807) is 13.1 Å². The highest BCUT2D eigenvalue weighted by Gasteiger charge is 2.08. The molecule has 140 valence electrons. The van der Waals surface area contributed by atoms with Crippen LogP contribution in [0.25, 0.3) is 0 Å². The smallest absolute Gasteiger partial charge is 0.251 e. The number of carbonyl (C=O) groups excluding carboxylic acids is 1. The summed E-state index contributed by atoms with van der Waals surface area (Å²) in [4.78, 5) is 16.3. The molecule has 26 heavy (non-hydrogen) atoms. The van der Waals surface area contributed by atoms with Crippen LogP contribution in [0.1, 0.15) is 54.1 Å². The van der Waals surface area contributed by atoms with Gasteiger partial charge in [-0.1, -0.05) is 31.1 Å². The van der Waals surface area contributed by atoms with Crippen LogP contribution >= 0.6 is 0 Å². The SMILES string of the molecule is CCNC(=NCc1cccc(C(=O)NC)c1)NCc1cc(C(C)C)no1. The fourth-order valence-electron chi connectivity index (χ4n) is 2.32. The molecule has 0 atom stereocenters. The second-order valence-corrected chi connectivity index (χ2v) is 6.20. The molecule has 0 aliphatic heterocycles. The van der Waals surface area contributed by atoms with E-state index in [0.717, 1.165) is 23.6 Å². The van der Waals surface area contributed by atoms with E-state index >= 15 is 0 Å². The van der Waals surface area contributed by atoms with Crippen LogP contribution in [0.4, 0.5) is 0 Å². The third-order valence-corrected chi connectivity index (χ3v) is 3.78. The minimum atomic E-state index is -0.105. The van der Waals surface area contributed by atoms with Crippen LogP contribution in [0.3, 0.4) is 0 Å². The van der Waals surface area contributed by atoms with Crippen LogP contribution in [-0.4, -0.2) is 30.6 Å². The molecule has 0 bridgehead atoms. The minimum absolute atomic E-state index is 0.105. The maximum absolute atomic E-state index is 11.7. The van der Waals surface area contributed by atoms with Crippen molar-refractivity contribution in [3.63, 3.8) is 0 Å². The van der Waals surface area contributed by atoms with Crippen LogP contribution in [0, 0.1) is 0 Å². The molecule has 0 radical (unpaired) electrons. The van der Waals surface area contributed by atoms with E-state index < -0.39 is 0 Å². The lowest BCUT2D eigenvalue weighted by molar-refractivity contribution is 0.0963. The first kappa shape index (κ1) is 19.5. The van der Waals surface area contributed by atoms with Gasteiger partial charge in [0.2, 0.25) is 0 Å². The standard InChI is InChI=1S/C19H27N5O2/c1-5-21-19(23-12-16-10-17(13(2)3)24-26-16)22-11-14-7-6-8-15(9-14)18(25)20-4/h6-10,13H,5,11-12H2,1-4H3,(H,20,25)(H2,21,22,23). The molecule has 1 aromatic carbocycles. The lowest BCUT2D eigenvalue weighted by atomic mass is 10.1. The van der Waals surface area contributed by atoms with Gasteiger partial charge in [-0.3, -0.25) is 4.79 Å². The zero-order valence-electron chi connectivity index (χ0n) is 15.8. The Labute approximate surface area is 154 Å². The number of aliphatic imine (C=N–C) groups is 1. The van der Waals surface area contributed by atoms with E-state index in [9.17, 15) is 4.79 Å². The van der Waals surface area contributed by atoms with Crippen molar-refractivity contribution in [2.24, 2.45) is 4.99 Å². The molecule has 0 fully saturated rings. The summed E-state index contributed by atoms with van der Waals surface area (Å²) in [6.45, 7) is 7.88. The molecule has 1 amide bonds. The summed E-state index contributed by atoms with van der Waals surface area (Å²) in [5, 5.41) is 13.1. The van der Waals surface area contributed by atoms with Gasteiger partial charge in [0.25, 0.3) is 5.91 Å². The van der Waals surface area contributed by atoms with Crippen molar-refractivity contribution in [3.05, 3.63) is 52.9 Å². The highest BCUT2D eigenvalue weighted by molar-refractivity contribution is 5.94. The number of guanidine groups is 1. The molecule has 0 saturated heterocycles. The Hall–Kier alpha value is -2.83. The van der Waals surface area contributed by atoms with E-state index in [1.807, 2.05) is 31.2 Å². The van der Waals surface area contributed by atoms with Crippen molar-refractivity contribution < 1.29 is 9.32 Å². The first-order valence-corrected chi connectivity index (χ1v) is 8.82. The Morgan fingerprint density at radius 1 is 1.27 bits per heavy atom. The number of hydrogen-bond acceptors (Lipinski definition) is 4. The maximum atomic E-state index is 11.7. The summed E-state index contributed by atoms with van der Waals surface area (Å²) < 4.78 is 5.33. The summed E-state index contributed by atoms with van der Waals surface area (Å²) >= 11 is 0. The maximum Gasteiger partial charge on any atom is 0.251 e. The van der Waals surface area contributed by atoms with Gasteiger partial charge < -0.3 is 20.5 Å². The second-order valence-electron chi connectivity index (χ2n) is 6.20. The zero-order valence-corrected chi connectivity index (χ0v) is 15.8. The number of nitrogens with zero attached hydrogens (tertiary/aromatic N) is 2. The average Bonchev–Trinajstić information content (AvgIpc) is 3.13. The van der Waals surface area contributed by atoms with Crippen molar-refractivity contribution in [2.45, 2.75) is 39.8 Å². The van der Waals surface area contributed by atoms with Crippen LogP contribution in [0.15, 0.2) is 39.8 Å². The topological polar surface area (TPSA) is 91.5 Å². The zero-order chi connectivity index (χ0) is 18.9. The van der Waals surface area contributed by atoms with Crippen molar-refractivity contribution >= 4 is 11.9 Å². The van der Waals surface area contributed by atoms with Gasteiger partial charge in [0, 0.05) is 25.2 Å². The first-order valence-electron chi connectivity index (χ1n) is 8.82. The number of carbonyl (C=O) groups is 1. The molecule has 0 spiro atoms. The summed E-state index contributed by atoms with van der Waals surface area (Å²) in [7, 11) is 1.62. The van der Waals surface area contributed by atoms with Gasteiger partial charge in [-0.25, -0.2) is 4.99 Å². The van der Waals surface area contributed by atoms with Crippen molar-refractivity contribution in [1.82, 2.24) is 21.1 Å². The van der Waals surface area contributed by atoms with Gasteiger partial charge in [-0.2, -0.15) is 0 Å². The lowest BCUT2D eigenvalue weighted by Crippen LogP contribution is -2.36. The van der Waals surface area contributed by atoms with E-state index in [0.29, 0.717) is 30.5 Å². The van der Waals surface area contributed by atoms with Crippen LogP contribution in [0.2, 0.25) is 0 Å². The fraction of sp³-hybridized carbons (Fsp3) is 0.421. The molecule has 3 N–H and O–H groups in total. The third-order valence-electron chi connectivity index (χ3n) is 3.78. The molecule has 0 saturated carbocycles. The minimum Gasteiger partial charge on any atom is -0.359 e. The monoisotopic (exact) mass is 357 g/mol. The van der Waals surface area contributed by atoms with Gasteiger partial charge >= 0.3 is 0 Å². The van der Waals surface area contributed by atoms with Crippen LogP contribution in [-0.2, 0) is 13.1 Å². The predicted molar refractivity (Wildman–Crippen MR) is 102 cm³/mol. The molecule has 7 nitrogen and oxygen atoms in total. The molecule has 2 rings (SSSR count). The summed E-state index contributed by atoms with van der Waals surface area (Å²) in [6.07, 6.45) is 0. The molecule has 0 aliphatic rings. The molecule has 1 aromatic heterocycles. The Balaban J connectivity index is 2.00. The summed E-state index contributed by atoms with van der Waals surface area (Å²) in [6, 6.07) is 9.39. The quantitative estimate of drug-likeness (QED) is 0.523. The van der Waals surface area contributed by atoms with Crippen LogP contribution in [0.5, 0.6) is 0 Å². The third kappa shape index (κ3) is 5.61. The molecule has 0 aliphatic carbocycles. The number of rotatable bonds is 7. The Kier molecular flexibility index (Phi) is 7.20. The van der Waals surface area contributed by atoms with Crippen LogP contribution < -0.4 is 16.0 Å². The molecule has 2 aromatic rings. The largest absolute Gasteiger partial charge is 0.359 e. The highest BCUT2D eigenvalue weighted by atomic mass is 16.5. The summed E-state index contributed by atoms with van der Waals surface area (Å²) in [5.41, 5.74) is 2.53. The molecule has 0 unspecified atom stereocenters. The van der Waals surface area contributed by atoms with E-state index in [1.165, 1.54) is 0 Å². The number of hydrogen-bond donors (Lipinski definition) is 3. The summed E-state index contributed by atoms with van der Waals surface area (Å²) in [5.74, 6) is 1.68. The van der Waals surface area contributed by atoms with E-state index in [2.05, 4.69) is 39.9 Å². The number of aromatic nitrogens is 1. The molecule has 1 heterocycles. The first-order chi connectivity index (χ1) is 12.5. The highest BCUT2D eigenvalue weighted by Crippen LogP contribution is 2.13. The predicted octanol–water partition coefficient (Wildman–Crippen LogP) is 2.41. The second kappa shape index (κ2) is 9.60. The average molecular weight is 357 g/mol. The van der Waals surface area contributed by atoms with Gasteiger partial charge in [0.1, 0.15) is 0 Å². The van der Waals surface area contributed by atoms with Gasteiger partial charge in [0.05, 0.1) is 18.8 Å². The molecular formula is C19H27N5O2. The number of amides is 1. The molecular weight excluding hydrogens is 330 g/mol. The lowest BCUT2D eigenvalue weighted by Gasteiger charge is -2.10. The van der Waals surface area contributed by atoms with Crippen molar-refractivity contribution in [1.29, 1.82) is 0 Å². The van der Waals surface area contributed by atoms with E-state index in [-0.39, 0.29) is 5.91 Å². The normalized spacial score (nSPS) is 11.5. The molecule has 7 heteroatoms. The van der Waals surface area contributed by atoms with Gasteiger partial charge in [0.15, 0.2) is 11.7 Å². The van der Waals surface area contributed by atoms with Gasteiger partial charge in [-0.15, -0.1) is 0 Å². The van der Waals surface area contributed by atoms with Crippen molar-refractivity contribution in [3.8, 4) is 0 Å². The number of nitrogens with one attached hydrogen (secondary N) is 3. The Morgan fingerprint density at radius 2 is 2.08 bits per heavy atom. The Bertz CT molecular complexity index is 752. The fourth-order valence-corrected chi connectivity index (χ4v) is 2.32. The van der Waals surface area contributed by atoms with Crippen molar-refractivity contribution in [2.75, 3.05) is 13.6 Å². The van der Waals surface area contributed by atoms with E-state index in [4.69, 9.17) is 4.52 Å².